The summed E-state index contributed by atoms with van der Waals surface area (Å²) >= 11 is 0. The van der Waals surface area contributed by atoms with Gasteiger partial charge in [0.25, 0.3) is 5.56 Å². The van der Waals surface area contributed by atoms with Gasteiger partial charge >= 0.3 is 0 Å². The minimum Gasteiger partial charge on any atom is -0.344 e. The van der Waals surface area contributed by atoms with Crippen molar-refractivity contribution in [2.24, 2.45) is 13.0 Å². The zero-order valence-corrected chi connectivity index (χ0v) is 12.5. The van der Waals surface area contributed by atoms with Gasteiger partial charge in [-0.1, -0.05) is 19.9 Å². The van der Waals surface area contributed by atoms with Gasteiger partial charge in [-0.05, 0) is 12.0 Å². The number of imidazole rings is 1. The summed E-state index contributed by atoms with van der Waals surface area (Å²) in [7, 11) is 1.89. The van der Waals surface area contributed by atoms with Gasteiger partial charge in [-0.2, -0.15) is 0 Å². The molecule has 0 fully saturated rings. The molecule has 2 heterocycles. The molecule has 1 N–H and O–H groups in total. The van der Waals surface area contributed by atoms with E-state index in [4.69, 9.17) is 0 Å². The summed E-state index contributed by atoms with van der Waals surface area (Å²) in [5, 5.41) is 2.95. The van der Waals surface area contributed by atoms with E-state index in [9.17, 15) is 9.59 Å². The van der Waals surface area contributed by atoms with Crippen molar-refractivity contribution in [2.45, 2.75) is 26.4 Å². The van der Waals surface area contributed by atoms with Gasteiger partial charge in [0.15, 0.2) is 0 Å². The van der Waals surface area contributed by atoms with Crippen molar-refractivity contribution in [3.63, 3.8) is 0 Å². The monoisotopic (exact) mass is 288 g/mol. The van der Waals surface area contributed by atoms with E-state index in [1.54, 1.807) is 24.5 Å². The van der Waals surface area contributed by atoms with E-state index in [0.717, 1.165) is 5.82 Å². The molecule has 0 spiro atoms. The Kier molecular flexibility index (Phi) is 4.57. The highest BCUT2D eigenvalue weighted by molar-refractivity contribution is 5.76. The Morgan fingerprint density at radius 1 is 1.33 bits per heavy atom. The van der Waals surface area contributed by atoms with Gasteiger partial charge in [-0.25, -0.2) is 4.98 Å². The van der Waals surface area contributed by atoms with Crippen molar-refractivity contribution in [2.75, 3.05) is 0 Å². The van der Waals surface area contributed by atoms with E-state index in [-0.39, 0.29) is 30.0 Å². The van der Waals surface area contributed by atoms with Crippen LogP contribution in [0.4, 0.5) is 0 Å². The zero-order chi connectivity index (χ0) is 15.4. The van der Waals surface area contributed by atoms with Crippen molar-refractivity contribution in [3.05, 3.63) is 53.0 Å². The summed E-state index contributed by atoms with van der Waals surface area (Å²) in [6, 6.07) is 4.64. The minimum absolute atomic E-state index is 0.00726. The molecule has 6 nitrogen and oxygen atoms in total. The first-order chi connectivity index (χ1) is 9.99. The predicted octanol–water partition coefficient (Wildman–Crippen LogP) is 1.10. The molecule has 0 radical (unpaired) electrons. The molecular formula is C15H20N4O2. The van der Waals surface area contributed by atoms with E-state index in [1.165, 1.54) is 10.6 Å². The molecule has 0 saturated heterocycles. The number of pyridine rings is 1. The number of hydrogen-bond acceptors (Lipinski definition) is 3. The first-order valence-electron chi connectivity index (χ1n) is 6.91. The van der Waals surface area contributed by atoms with Crippen LogP contribution in [0.1, 0.15) is 25.7 Å². The van der Waals surface area contributed by atoms with Gasteiger partial charge < -0.3 is 14.5 Å². The number of carbonyl (C=O) groups excluding carboxylic acids is 1. The molecule has 0 aromatic carbocycles. The molecule has 1 unspecified atom stereocenters. The lowest BCUT2D eigenvalue weighted by Crippen LogP contribution is -2.37. The van der Waals surface area contributed by atoms with Crippen LogP contribution in [0.2, 0.25) is 0 Å². The van der Waals surface area contributed by atoms with Crippen LogP contribution in [-0.4, -0.2) is 20.0 Å². The molecule has 21 heavy (non-hydrogen) atoms. The van der Waals surface area contributed by atoms with E-state index in [1.807, 2.05) is 31.7 Å². The number of hydrogen-bond donors (Lipinski definition) is 1. The Hall–Kier alpha value is -2.37. The molecule has 2 aromatic rings. The molecule has 112 valence electrons. The van der Waals surface area contributed by atoms with Crippen LogP contribution in [0.15, 0.2) is 41.6 Å². The first kappa shape index (κ1) is 15.0. The third-order valence-corrected chi connectivity index (χ3v) is 3.33. The van der Waals surface area contributed by atoms with Gasteiger partial charge in [0.1, 0.15) is 12.4 Å². The lowest BCUT2D eigenvalue weighted by Gasteiger charge is -2.22. The second kappa shape index (κ2) is 6.39. The molecule has 6 heteroatoms. The number of nitrogens with zero attached hydrogens (tertiary/aromatic N) is 3. The molecule has 2 rings (SSSR count). The zero-order valence-electron chi connectivity index (χ0n) is 12.5. The third-order valence-electron chi connectivity index (χ3n) is 3.33. The number of nitrogens with one attached hydrogen (secondary N) is 1. The van der Waals surface area contributed by atoms with Crippen molar-refractivity contribution < 1.29 is 4.79 Å². The number of rotatable bonds is 5. The largest absolute Gasteiger partial charge is 0.344 e. The summed E-state index contributed by atoms with van der Waals surface area (Å²) in [5.74, 6) is 0.798. The topological polar surface area (TPSA) is 68.9 Å². The number of amides is 1. The molecule has 2 aromatic heterocycles. The summed E-state index contributed by atoms with van der Waals surface area (Å²) in [5.41, 5.74) is -0.189. The van der Waals surface area contributed by atoms with Crippen LogP contribution >= 0.6 is 0 Å². The van der Waals surface area contributed by atoms with Gasteiger partial charge in [0.2, 0.25) is 5.91 Å². The molecule has 0 aliphatic carbocycles. The maximum Gasteiger partial charge on any atom is 0.250 e. The van der Waals surface area contributed by atoms with Crippen LogP contribution < -0.4 is 10.9 Å². The van der Waals surface area contributed by atoms with Crippen molar-refractivity contribution in [3.8, 4) is 0 Å². The highest BCUT2D eigenvalue weighted by Crippen LogP contribution is 2.19. The van der Waals surface area contributed by atoms with Gasteiger partial charge in [0, 0.05) is 31.7 Å². The maximum atomic E-state index is 12.2. The van der Waals surface area contributed by atoms with E-state index in [2.05, 4.69) is 10.3 Å². The van der Waals surface area contributed by atoms with Crippen LogP contribution in [0, 0.1) is 5.92 Å². The highest BCUT2D eigenvalue weighted by Gasteiger charge is 2.22. The van der Waals surface area contributed by atoms with E-state index < -0.39 is 0 Å². The Morgan fingerprint density at radius 2 is 2.10 bits per heavy atom. The number of aryl methyl sites for hydroxylation is 1. The van der Waals surface area contributed by atoms with Crippen molar-refractivity contribution in [1.29, 1.82) is 0 Å². The number of carbonyl (C=O) groups is 1. The maximum absolute atomic E-state index is 12.2. The first-order valence-corrected chi connectivity index (χ1v) is 6.91. The minimum atomic E-state index is -0.204. The Balaban J connectivity index is 2.11. The molecule has 0 aliphatic heterocycles. The fourth-order valence-corrected chi connectivity index (χ4v) is 2.17. The lowest BCUT2D eigenvalue weighted by atomic mass is 10.0. The van der Waals surface area contributed by atoms with Crippen LogP contribution in [0.25, 0.3) is 0 Å². The molecule has 0 aliphatic rings. The Morgan fingerprint density at radius 3 is 2.67 bits per heavy atom. The Labute approximate surface area is 123 Å². The smallest absolute Gasteiger partial charge is 0.250 e. The Bertz CT molecular complexity index is 672. The average molecular weight is 288 g/mol. The summed E-state index contributed by atoms with van der Waals surface area (Å²) in [6.07, 6.45) is 5.16. The van der Waals surface area contributed by atoms with Crippen molar-refractivity contribution in [1.82, 2.24) is 19.4 Å². The van der Waals surface area contributed by atoms with E-state index in [0.29, 0.717) is 0 Å². The van der Waals surface area contributed by atoms with Gasteiger partial charge in [-0.15, -0.1) is 0 Å². The second-order valence-electron chi connectivity index (χ2n) is 5.35. The quantitative estimate of drug-likeness (QED) is 0.895. The van der Waals surface area contributed by atoms with E-state index >= 15 is 0 Å². The fourth-order valence-electron chi connectivity index (χ4n) is 2.17. The fraction of sp³-hybridized carbons (Fsp3) is 0.400. The van der Waals surface area contributed by atoms with Crippen LogP contribution in [0.5, 0.6) is 0 Å². The summed E-state index contributed by atoms with van der Waals surface area (Å²) in [4.78, 5) is 28.1. The van der Waals surface area contributed by atoms with Crippen molar-refractivity contribution >= 4 is 5.91 Å². The normalized spacial score (nSPS) is 12.4. The second-order valence-corrected chi connectivity index (χ2v) is 5.35. The average Bonchev–Trinajstić information content (AvgIpc) is 2.84. The summed E-state index contributed by atoms with van der Waals surface area (Å²) < 4.78 is 3.27. The van der Waals surface area contributed by atoms with Gasteiger partial charge in [0.05, 0.1) is 6.04 Å². The SMILES string of the molecule is CC(C)C(NC(=O)Cn1ccccc1=O)c1nccn1C. The molecule has 1 amide bonds. The third kappa shape index (κ3) is 3.59. The predicted molar refractivity (Wildman–Crippen MR) is 79.6 cm³/mol. The molecule has 0 saturated carbocycles. The van der Waals surface area contributed by atoms with Crippen LogP contribution in [0.3, 0.4) is 0 Å². The standard InChI is InChI=1S/C15H20N4O2/c1-11(2)14(15-16-7-9-18(15)3)17-12(20)10-19-8-5-4-6-13(19)21/h4-9,11,14H,10H2,1-3H3,(H,17,20). The summed E-state index contributed by atoms with van der Waals surface area (Å²) in [6.45, 7) is 4.05. The van der Waals surface area contributed by atoms with Gasteiger partial charge in [-0.3, -0.25) is 9.59 Å². The number of aromatic nitrogens is 3. The molecule has 1 atom stereocenters. The molecule has 0 bridgehead atoms. The molecular weight excluding hydrogens is 268 g/mol. The van der Waals surface area contributed by atoms with Crippen LogP contribution in [-0.2, 0) is 18.4 Å². The lowest BCUT2D eigenvalue weighted by molar-refractivity contribution is -0.122. The highest BCUT2D eigenvalue weighted by atomic mass is 16.2.